The van der Waals surface area contributed by atoms with E-state index in [1.165, 1.54) is 0 Å². The van der Waals surface area contributed by atoms with Gasteiger partial charge in [0.25, 0.3) is 0 Å². The van der Waals surface area contributed by atoms with Crippen LogP contribution in [-0.2, 0) is 14.9 Å². The van der Waals surface area contributed by atoms with Gasteiger partial charge in [0, 0.05) is 0 Å². The molecule has 0 aliphatic heterocycles. The van der Waals surface area contributed by atoms with Gasteiger partial charge in [-0.3, -0.25) is 13.6 Å². The van der Waals surface area contributed by atoms with Crippen LogP contribution in [-0.4, -0.2) is 109 Å². The van der Waals surface area contributed by atoms with Crippen LogP contribution in [0.4, 0.5) is 0 Å². The fourth-order valence-electron chi connectivity index (χ4n) is 0. The Labute approximate surface area is 122 Å². The van der Waals surface area contributed by atoms with Gasteiger partial charge in [-0.1, -0.05) is 0 Å². The molecule has 0 amide bonds. The van der Waals surface area contributed by atoms with Gasteiger partial charge in [0.15, 0.2) is 0 Å². The zero-order valence-electron chi connectivity index (χ0n) is 4.42. The van der Waals surface area contributed by atoms with Crippen molar-refractivity contribution in [3.05, 3.63) is 0 Å². The molecule has 0 atom stereocenters. The quantitative estimate of drug-likeness (QED) is 0.251. The van der Waals surface area contributed by atoms with Crippen molar-refractivity contribution in [1.82, 2.24) is 0 Å². The van der Waals surface area contributed by atoms with Crippen LogP contribution in [0.5, 0.6) is 0 Å². The topological polar surface area (TPSA) is 164 Å². The van der Waals surface area contributed by atoms with E-state index in [0.29, 0.717) is 0 Å². The summed E-state index contributed by atoms with van der Waals surface area (Å²) < 4.78 is 40.3. The second kappa shape index (κ2) is 15.2. The van der Waals surface area contributed by atoms with E-state index < -0.39 is 19.6 Å². The standard InChI is InChI=1S/Ca.Na.H2O4S.H2O3Si.H2O.3H/c;;1-5(2,3)4;1-4(2)3;;;;/h;;(H2,1,2,3,4);1-2H;1H2;;;. The maximum absolute atomic E-state index is 8.74. The van der Waals surface area contributed by atoms with E-state index in [1.54, 1.807) is 0 Å². The van der Waals surface area contributed by atoms with Crippen molar-refractivity contribution in [2.45, 2.75) is 0 Å². The molecule has 70 valence electrons. The normalized spacial score (nSPS) is 6.83. The Morgan fingerprint density at radius 3 is 1.08 bits per heavy atom. The Kier molecular flexibility index (Phi) is 37.0. The Hall–Kier alpha value is 1.71. The van der Waals surface area contributed by atoms with Crippen molar-refractivity contribution >= 4 is 86.9 Å². The first kappa shape index (κ1) is 29.2. The van der Waals surface area contributed by atoms with Crippen molar-refractivity contribution in [3.8, 4) is 0 Å². The molecule has 0 bridgehead atoms. The summed E-state index contributed by atoms with van der Waals surface area (Å²) in [5.41, 5.74) is 0. The molecule has 0 unspecified atom stereocenters. The van der Waals surface area contributed by atoms with Crippen molar-refractivity contribution in [1.29, 1.82) is 0 Å². The first-order valence-corrected chi connectivity index (χ1v) is 4.05. The van der Waals surface area contributed by atoms with E-state index in [-0.39, 0.29) is 72.8 Å². The molecule has 12 heavy (non-hydrogen) atoms. The summed E-state index contributed by atoms with van der Waals surface area (Å²) in [6, 6.07) is 0. The van der Waals surface area contributed by atoms with Crippen LogP contribution in [0.2, 0.25) is 0 Å². The van der Waals surface area contributed by atoms with Crippen LogP contribution >= 0.6 is 0 Å². The second-order valence-electron chi connectivity index (χ2n) is 0.730. The molecule has 0 aromatic carbocycles. The van der Waals surface area contributed by atoms with Crippen LogP contribution in [0, 0.1) is 0 Å². The Bertz CT molecular complexity index is 161. The summed E-state index contributed by atoms with van der Waals surface area (Å²) >= 11 is 0. The van der Waals surface area contributed by atoms with E-state index in [0.717, 1.165) is 0 Å². The minimum absolute atomic E-state index is 0. The monoisotopic (exact) mass is 260 g/mol. The van der Waals surface area contributed by atoms with Gasteiger partial charge in [-0.05, 0) is 0 Å². The van der Waals surface area contributed by atoms with E-state index in [4.69, 9.17) is 31.6 Å². The molecule has 0 fully saturated rings. The first-order valence-electron chi connectivity index (χ1n) is 1.35. The van der Waals surface area contributed by atoms with E-state index in [2.05, 4.69) is 0 Å². The van der Waals surface area contributed by atoms with Crippen LogP contribution in [0.3, 0.4) is 0 Å². The summed E-state index contributed by atoms with van der Waals surface area (Å²) in [7, 11) is -7.80. The van der Waals surface area contributed by atoms with Crippen molar-refractivity contribution < 1.29 is 37.1 Å². The predicted molar refractivity (Wildman–Crippen MR) is 44.4 cm³/mol. The number of hydrogen-bond donors (Lipinski definition) is 4. The first-order chi connectivity index (χ1) is 3.73. The molecule has 0 saturated carbocycles. The second-order valence-corrected chi connectivity index (χ2v) is 2.19. The summed E-state index contributed by atoms with van der Waals surface area (Å²) in [6.07, 6.45) is 0. The molecule has 0 heterocycles. The summed E-state index contributed by atoms with van der Waals surface area (Å²) in [5.74, 6) is 0. The van der Waals surface area contributed by atoms with Gasteiger partial charge >= 0.3 is 86.9 Å². The molecule has 0 radical (unpaired) electrons. The summed E-state index contributed by atoms with van der Waals surface area (Å²) in [4.78, 5) is 14.3. The molecular formula is H9CaNaO8SSi. The van der Waals surface area contributed by atoms with Crippen molar-refractivity contribution in [2.24, 2.45) is 0 Å². The van der Waals surface area contributed by atoms with E-state index >= 15 is 0 Å². The Morgan fingerprint density at radius 2 is 1.08 bits per heavy atom. The third-order valence-electron chi connectivity index (χ3n) is 0. The van der Waals surface area contributed by atoms with Gasteiger partial charge < -0.3 is 15.1 Å². The van der Waals surface area contributed by atoms with Crippen LogP contribution < -0.4 is 0 Å². The molecule has 0 aliphatic carbocycles. The summed E-state index contributed by atoms with van der Waals surface area (Å²) in [5, 5.41) is 0. The minimum atomic E-state index is -4.67. The molecule has 8 nitrogen and oxygen atoms in total. The van der Waals surface area contributed by atoms with Crippen LogP contribution in [0.15, 0.2) is 0 Å². The van der Waals surface area contributed by atoms with Gasteiger partial charge in [-0.25, -0.2) is 0 Å². The fraction of sp³-hybridized carbons (Fsp3) is 0. The average Bonchev–Trinajstić information content (AvgIpc) is 1.19. The van der Waals surface area contributed by atoms with Crippen molar-refractivity contribution in [3.63, 3.8) is 0 Å². The number of rotatable bonds is 0. The van der Waals surface area contributed by atoms with Gasteiger partial charge in [0.05, 0.1) is 0 Å². The van der Waals surface area contributed by atoms with E-state index in [9.17, 15) is 0 Å². The SMILES string of the molecule is O.O=S(=O)(O)O.O=[Si](O)O.[CaH2].[NaH]. The molecule has 0 aliphatic rings. The molecule has 0 aromatic heterocycles. The van der Waals surface area contributed by atoms with Gasteiger partial charge in [0.2, 0.25) is 0 Å². The maximum atomic E-state index is 8.74. The fourth-order valence-corrected chi connectivity index (χ4v) is 0. The summed E-state index contributed by atoms with van der Waals surface area (Å²) in [6.45, 7) is 0. The molecule has 0 saturated heterocycles. The Morgan fingerprint density at radius 1 is 1.08 bits per heavy atom. The van der Waals surface area contributed by atoms with Gasteiger partial charge in [0.1, 0.15) is 0 Å². The predicted octanol–water partition coefficient (Wildman–Crippen LogP) is -4.66. The average molecular weight is 260 g/mol. The Balaban J connectivity index is -0.0000000221. The number of hydrogen-bond acceptors (Lipinski definition) is 3. The third-order valence-corrected chi connectivity index (χ3v) is 0. The molecule has 0 spiro atoms. The van der Waals surface area contributed by atoms with E-state index in [1.807, 2.05) is 0 Å². The zero-order chi connectivity index (χ0) is 8.08. The molecule has 0 rings (SSSR count). The van der Waals surface area contributed by atoms with Crippen LogP contribution in [0.1, 0.15) is 0 Å². The van der Waals surface area contributed by atoms with Crippen LogP contribution in [0.25, 0.3) is 0 Å². The zero-order valence-corrected chi connectivity index (χ0v) is 6.24. The third kappa shape index (κ3) is 461. The van der Waals surface area contributed by atoms with Gasteiger partial charge in [-0.15, -0.1) is 0 Å². The molecule has 12 heteroatoms. The van der Waals surface area contributed by atoms with Gasteiger partial charge in [-0.2, -0.15) is 8.42 Å². The molecule has 0 aromatic rings. The molecule has 6 N–H and O–H groups in total. The molecular weight excluding hydrogens is 251 g/mol. The van der Waals surface area contributed by atoms with Crippen molar-refractivity contribution in [2.75, 3.05) is 0 Å².